The minimum absolute atomic E-state index is 0.243. The van der Waals surface area contributed by atoms with Gasteiger partial charge in [-0.25, -0.2) is 5.43 Å². The molecule has 0 amide bonds. The van der Waals surface area contributed by atoms with Crippen LogP contribution in [0, 0.1) is 0 Å². The Kier molecular flexibility index (Phi) is 5.84. The molecule has 1 aliphatic heterocycles. The largest absolute Gasteiger partial charge is 0.416 e. The number of hydrogen-bond donors (Lipinski definition) is 2. The van der Waals surface area contributed by atoms with Gasteiger partial charge in [-0.2, -0.15) is 13.2 Å². The van der Waals surface area contributed by atoms with Gasteiger partial charge in [0.05, 0.1) is 22.6 Å². The number of ketones is 1. The van der Waals surface area contributed by atoms with Crippen LogP contribution in [0.1, 0.15) is 12.5 Å². The van der Waals surface area contributed by atoms with E-state index in [1.54, 1.807) is 31.2 Å². The molecule has 0 aliphatic carbocycles. The van der Waals surface area contributed by atoms with Gasteiger partial charge in [0.15, 0.2) is 5.78 Å². The number of carbonyl (C=O) groups excluding carboxylic acids is 1. The average Bonchev–Trinajstić information content (AvgIpc) is 2.70. The van der Waals surface area contributed by atoms with E-state index >= 15 is 0 Å². The number of para-hydroxylation sites is 1. The first-order valence-corrected chi connectivity index (χ1v) is 8.77. The third kappa shape index (κ3) is 4.72. The number of halogens is 3. The summed E-state index contributed by atoms with van der Waals surface area (Å²) in [5.74, 6) is -0.249. The molecule has 29 heavy (non-hydrogen) atoms. The third-order valence-electron chi connectivity index (χ3n) is 4.27. The number of hydrogen-bond acceptors (Lipinski definition) is 5. The van der Waals surface area contributed by atoms with Gasteiger partial charge in [0.2, 0.25) is 0 Å². The summed E-state index contributed by atoms with van der Waals surface area (Å²) in [5, 5.41) is 1.39. The van der Waals surface area contributed by atoms with Crippen LogP contribution in [0.3, 0.4) is 0 Å². The Bertz CT molecular complexity index is 981. The van der Waals surface area contributed by atoms with Gasteiger partial charge in [-0.3, -0.25) is 14.8 Å². The third-order valence-corrected chi connectivity index (χ3v) is 4.27. The summed E-state index contributed by atoms with van der Waals surface area (Å²) in [6, 6.07) is 12.9. The monoisotopic (exact) mass is 400 g/mol. The maximum atomic E-state index is 13.1. The molecular formula is C21H19F3N4O. The fourth-order valence-corrected chi connectivity index (χ4v) is 2.85. The number of benzene rings is 2. The lowest BCUT2D eigenvalue weighted by Crippen LogP contribution is -2.54. The lowest BCUT2D eigenvalue weighted by molar-refractivity contribution is -0.137. The number of aliphatic imine (C=N–C) groups is 1. The molecule has 0 saturated carbocycles. The Balaban J connectivity index is 1.99. The maximum Gasteiger partial charge on any atom is 0.416 e. The van der Waals surface area contributed by atoms with E-state index < -0.39 is 17.8 Å². The van der Waals surface area contributed by atoms with Gasteiger partial charge in [-0.05, 0) is 49.5 Å². The van der Waals surface area contributed by atoms with Crippen LogP contribution in [0.2, 0.25) is 0 Å². The van der Waals surface area contributed by atoms with Gasteiger partial charge in [-0.15, -0.1) is 0 Å². The number of Topliss-reactive ketones (excluding diaryl/α,β-unsaturated/α-hetero) is 1. The Morgan fingerprint density at radius 3 is 2.55 bits per heavy atom. The summed E-state index contributed by atoms with van der Waals surface area (Å²) >= 11 is 0. The second-order valence-electron chi connectivity index (χ2n) is 6.39. The van der Waals surface area contributed by atoms with E-state index in [1.807, 2.05) is 6.07 Å². The molecular weight excluding hydrogens is 381 g/mol. The van der Waals surface area contributed by atoms with Crippen molar-refractivity contribution in [2.45, 2.75) is 19.1 Å². The van der Waals surface area contributed by atoms with Crippen molar-refractivity contribution in [3.05, 3.63) is 84.2 Å². The molecule has 1 heterocycles. The number of nitrogens with zero attached hydrogens (tertiary/aromatic N) is 2. The molecule has 0 saturated heterocycles. The van der Waals surface area contributed by atoms with Gasteiger partial charge >= 0.3 is 6.18 Å². The highest BCUT2D eigenvalue weighted by atomic mass is 19.4. The first kappa shape index (κ1) is 20.3. The molecule has 1 aliphatic rings. The minimum Gasteiger partial charge on any atom is -0.405 e. The lowest BCUT2D eigenvalue weighted by atomic mass is 10.00. The van der Waals surface area contributed by atoms with Crippen molar-refractivity contribution in [1.29, 1.82) is 0 Å². The van der Waals surface area contributed by atoms with E-state index in [0.717, 1.165) is 12.1 Å². The van der Waals surface area contributed by atoms with Crippen LogP contribution < -0.4 is 16.2 Å². The van der Waals surface area contributed by atoms with E-state index in [4.69, 9.17) is 5.73 Å². The summed E-state index contributed by atoms with van der Waals surface area (Å²) in [7, 11) is 0. The molecule has 150 valence electrons. The molecule has 5 nitrogen and oxygen atoms in total. The minimum atomic E-state index is -4.47. The molecule has 2 aromatic rings. The fourth-order valence-electron chi connectivity index (χ4n) is 2.85. The standard InChI is InChI=1S/C21H19F3N4O/c1-14-13-28(17-9-5-6-15(12-17)21(22,23)24)27-19(20(14)29)18(10-11-25)26-16-7-3-2-4-8-16/h2-13,19,27H,25H2,1H3. The quantitative estimate of drug-likeness (QED) is 0.758. The number of alkyl halides is 3. The number of rotatable bonds is 4. The molecule has 0 spiro atoms. The number of nitrogens with one attached hydrogen (secondary N) is 1. The molecule has 1 atom stereocenters. The molecule has 3 rings (SSSR count). The lowest BCUT2D eigenvalue weighted by Gasteiger charge is -2.32. The van der Waals surface area contributed by atoms with Crippen LogP contribution in [0.25, 0.3) is 0 Å². The second-order valence-corrected chi connectivity index (χ2v) is 6.39. The van der Waals surface area contributed by atoms with Crippen molar-refractivity contribution < 1.29 is 18.0 Å². The van der Waals surface area contributed by atoms with Crippen LogP contribution >= 0.6 is 0 Å². The van der Waals surface area contributed by atoms with E-state index in [1.165, 1.54) is 35.6 Å². The van der Waals surface area contributed by atoms with E-state index in [2.05, 4.69) is 10.4 Å². The normalized spacial score (nSPS) is 18.3. The van der Waals surface area contributed by atoms with Crippen LogP contribution in [0.4, 0.5) is 24.5 Å². The van der Waals surface area contributed by atoms with Crippen LogP contribution in [-0.4, -0.2) is 17.5 Å². The van der Waals surface area contributed by atoms with Crippen molar-refractivity contribution >= 4 is 22.9 Å². The molecule has 2 aromatic carbocycles. The van der Waals surface area contributed by atoms with Gasteiger partial charge in [-0.1, -0.05) is 24.3 Å². The van der Waals surface area contributed by atoms with E-state index in [0.29, 0.717) is 17.0 Å². The number of carbonyl (C=O) groups is 1. The van der Waals surface area contributed by atoms with Crippen molar-refractivity contribution in [3.8, 4) is 0 Å². The summed E-state index contributed by atoms with van der Waals surface area (Å²) < 4.78 is 39.2. The van der Waals surface area contributed by atoms with Crippen molar-refractivity contribution in [3.63, 3.8) is 0 Å². The summed E-state index contributed by atoms with van der Waals surface area (Å²) in [5.41, 5.74) is 9.26. The van der Waals surface area contributed by atoms with Crippen LogP contribution in [-0.2, 0) is 11.0 Å². The van der Waals surface area contributed by atoms with Gasteiger partial charge < -0.3 is 5.73 Å². The number of nitrogens with two attached hydrogens (primary N) is 1. The zero-order chi connectivity index (χ0) is 21.0. The Labute approximate surface area is 166 Å². The highest BCUT2D eigenvalue weighted by Crippen LogP contribution is 2.32. The summed E-state index contributed by atoms with van der Waals surface area (Å²) in [4.78, 5) is 17.2. The number of hydrazine groups is 1. The molecule has 1 unspecified atom stereocenters. The van der Waals surface area contributed by atoms with Crippen molar-refractivity contribution in [2.24, 2.45) is 10.7 Å². The Morgan fingerprint density at radius 2 is 1.90 bits per heavy atom. The predicted octanol–water partition coefficient (Wildman–Crippen LogP) is 4.12. The molecule has 8 heteroatoms. The highest BCUT2D eigenvalue weighted by molar-refractivity contribution is 6.20. The summed E-state index contributed by atoms with van der Waals surface area (Å²) in [6.07, 6.45) is -0.257. The van der Waals surface area contributed by atoms with E-state index in [9.17, 15) is 18.0 Å². The topological polar surface area (TPSA) is 70.7 Å². The molecule has 3 N–H and O–H groups in total. The van der Waals surface area contributed by atoms with Crippen LogP contribution in [0.5, 0.6) is 0 Å². The van der Waals surface area contributed by atoms with Gasteiger partial charge in [0, 0.05) is 11.8 Å². The van der Waals surface area contributed by atoms with Gasteiger partial charge in [0.1, 0.15) is 6.04 Å². The summed E-state index contributed by atoms with van der Waals surface area (Å²) in [6.45, 7) is 1.60. The molecule has 0 bridgehead atoms. The zero-order valence-electron chi connectivity index (χ0n) is 15.5. The molecule has 0 radical (unpaired) electrons. The molecule has 0 fully saturated rings. The zero-order valence-corrected chi connectivity index (χ0v) is 15.5. The maximum absolute atomic E-state index is 13.1. The Hall–Kier alpha value is -3.39. The highest BCUT2D eigenvalue weighted by Gasteiger charge is 2.33. The van der Waals surface area contributed by atoms with Crippen molar-refractivity contribution in [1.82, 2.24) is 5.43 Å². The first-order valence-electron chi connectivity index (χ1n) is 8.77. The smallest absolute Gasteiger partial charge is 0.405 e. The van der Waals surface area contributed by atoms with E-state index in [-0.39, 0.29) is 11.5 Å². The Morgan fingerprint density at radius 1 is 1.17 bits per heavy atom. The van der Waals surface area contributed by atoms with Crippen LogP contribution in [0.15, 0.2) is 83.6 Å². The van der Waals surface area contributed by atoms with Gasteiger partial charge in [0.25, 0.3) is 0 Å². The molecule has 0 aromatic heterocycles. The fraction of sp³-hybridized carbons (Fsp3) is 0.143. The first-order chi connectivity index (χ1) is 13.8. The van der Waals surface area contributed by atoms with Crippen molar-refractivity contribution in [2.75, 3.05) is 5.01 Å². The second kappa shape index (κ2) is 8.32. The SMILES string of the molecule is CC1=CN(c2cccc(C(F)(F)F)c2)NC(C(C=CN)=Nc2ccccc2)C1=O. The number of anilines is 1. The predicted molar refractivity (Wildman–Crippen MR) is 106 cm³/mol. The average molecular weight is 400 g/mol.